The third-order valence-electron chi connectivity index (χ3n) is 10.7. The van der Waals surface area contributed by atoms with Crippen LogP contribution >= 0.6 is 0 Å². The largest absolute Gasteiger partial charge is 0.432 e. The van der Waals surface area contributed by atoms with Crippen LogP contribution in [0.1, 0.15) is 71.1 Å². The number of ether oxygens (including phenoxy) is 1. The summed E-state index contributed by atoms with van der Waals surface area (Å²) in [7, 11) is 0. The van der Waals surface area contributed by atoms with Gasteiger partial charge < -0.3 is 4.74 Å². The molecule has 0 spiro atoms. The van der Waals surface area contributed by atoms with Crippen molar-refractivity contribution in [3.05, 3.63) is 101 Å². The summed E-state index contributed by atoms with van der Waals surface area (Å²) in [4.78, 5) is 0. The van der Waals surface area contributed by atoms with Gasteiger partial charge in [0.1, 0.15) is 5.75 Å². The van der Waals surface area contributed by atoms with Crippen molar-refractivity contribution in [2.45, 2.75) is 77.2 Å². The van der Waals surface area contributed by atoms with Crippen molar-refractivity contribution in [3.63, 3.8) is 0 Å². The molecular formula is C40H35F11O. The standard InChI is InChI=1S/C40H35F11O/c1-2-3-20-4-6-21(7-5-20)22-8-10-26(11-9-22)40(50,51)52-27-18-28(23-12-30(41)37(47)31(42)13-23)36(25-16-34(45)39(49)35(46)17-25)29(19-27)24-14-32(43)38(48)33(44)15-24/h12-22,26H,2-11H2,1H3/t20-,21-,22-,26-. The highest BCUT2D eigenvalue weighted by molar-refractivity contribution is 5.95. The molecule has 0 atom stereocenters. The van der Waals surface area contributed by atoms with Crippen LogP contribution in [0.2, 0.25) is 0 Å². The molecule has 12 heteroatoms. The number of benzene rings is 4. The smallest absolute Gasteiger partial charge is 0.400 e. The van der Waals surface area contributed by atoms with Gasteiger partial charge in [-0.2, -0.15) is 8.78 Å². The van der Waals surface area contributed by atoms with Crippen LogP contribution in [-0.4, -0.2) is 6.11 Å². The molecule has 0 radical (unpaired) electrons. The van der Waals surface area contributed by atoms with Gasteiger partial charge in [-0.05, 0) is 138 Å². The Balaban J connectivity index is 1.42. The van der Waals surface area contributed by atoms with Gasteiger partial charge in [0.05, 0.1) is 5.92 Å². The molecule has 52 heavy (non-hydrogen) atoms. The number of hydrogen-bond acceptors (Lipinski definition) is 1. The van der Waals surface area contributed by atoms with Gasteiger partial charge >= 0.3 is 6.11 Å². The maximum atomic E-state index is 16.0. The molecule has 0 saturated heterocycles. The summed E-state index contributed by atoms with van der Waals surface area (Å²) in [5.74, 6) is -16.6. The normalized spacial score (nSPS) is 21.0. The zero-order valence-corrected chi connectivity index (χ0v) is 28.1. The maximum Gasteiger partial charge on any atom is 0.400 e. The highest BCUT2D eigenvalue weighted by Gasteiger charge is 2.45. The summed E-state index contributed by atoms with van der Waals surface area (Å²) in [6, 6.07) is 4.44. The number of halogens is 11. The lowest BCUT2D eigenvalue weighted by Crippen LogP contribution is -2.38. The van der Waals surface area contributed by atoms with E-state index in [1.165, 1.54) is 6.42 Å². The summed E-state index contributed by atoms with van der Waals surface area (Å²) >= 11 is 0. The molecule has 278 valence electrons. The number of rotatable bonds is 9. The minimum absolute atomic E-state index is 0.126. The van der Waals surface area contributed by atoms with E-state index in [0.29, 0.717) is 61.1 Å². The van der Waals surface area contributed by atoms with Crippen molar-refractivity contribution < 1.29 is 53.0 Å². The van der Waals surface area contributed by atoms with E-state index in [1.807, 2.05) is 0 Å². The van der Waals surface area contributed by atoms with E-state index in [1.54, 1.807) is 0 Å². The molecule has 0 N–H and O–H groups in total. The summed E-state index contributed by atoms with van der Waals surface area (Å²) in [5.41, 5.74) is -3.24. The molecule has 0 amide bonds. The molecule has 4 aromatic rings. The summed E-state index contributed by atoms with van der Waals surface area (Å²) in [5, 5.41) is 0. The Morgan fingerprint density at radius 2 is 0.885 bits per heavy atom. The predicted molar refractivity (Wildman–Crippen MR) is 174 cm³/mol. The fraction of sp³-hybridized carbons (Fsp3) is 0.400. The molecule has 0 heterocycles. The van der Waals surface area contributed by atoms with Crippen molar-refractivity contribution >= 4 is 0 Å². The topological polar surface area (TPSA) is 9.23 Å². The monoisotopic (exact) mass is 740 g/mol. The van der Waals surface area contributed by atoms with Crippen LogP contribution in [0.5, 0.6) is 5.75 Å². The molecule has 2 aliphatic rings. The van der Waals surface area contributed by atoms with Gasteiger partial charge in [-0.1, -0.05) is 32.6 Å². The first-order valence-corrected chi connectivity index (χ1v) is 17.4. The third-order valence-corrected chi connectivity index (χ3v) is 10.7. The van der Waals surface area contributed by atoms with Crippen molar-refractivity contribution in [1.82, 2.24) is 0 Å². The van der Waals surface area contributed by atoms with Gasteiger partial charge in [0.25, 0.3) is 0 Å². The lowest BCUT2D eigenvalue weighted by molar-refractivity contribution is -0.224. The van der Waals surface area contributed by atoms with Gasteiger partial charge in [-0.3, -0.25) is 0 Å². The van der Waals surface area contributed by atoms with Crippen LogP contribution in [0, 0.1) is 76.0 Å². The molecule has 0 bridgehead atoms. The van der Waals surface area contributed by atoms with Crippen LogP contribution in [0.3, 0.4) is 0 Å². The van der Waals surface area contributed by atoms with Crippen LogP contribution < -0.4 is 4.74 Å². The van der Waals surface area contributed by atoms with Crippen molar-refractivity contribution in [3.8, 4) is 39.1 Å². The van der Waals surface area contributed by atoms with E-state index in [2.05, 4.69) is 6.92 Å². The van der Waals surface area contributed by atoms with Gasteiger partial charge in [-0.25, -0.2) is 39.5 Å². The minimum Gasteiger partial charge on any atom is -0.432 e. The number of hydrogen-bond donors (Lipinski definition) is 0. The molecule has 1 nitrogen and oxygen atoms in total. The average molecular weight is 741 g/mol. The molecule has 2 fully saturated rings. The molecule has 2 aliphatic carbocycles. The average Bonchev–Trinajstić information content (AvgIpc) is 3.11. The first-order chi connectivity index (χ1) is 24.7. The quantitative estimate of drug-likeness (QED) is 0.123. The molecule has 0 aromatic heterocycles. The first kappa shape index (κ1) is 37.7. The lowest BCUT2D eigenvalue weighted by Gasteiger charge is -2.39. The second kappa shape index (κ2) is 15.1. The van der Waals surface area contributed by atoms with E-state index < -0.39 is 104 Å². The van der Waals surface area contributed by atoms with E-state index in [0.717, 1.165) is 44.2 Å². The Kier molecular flexibility index (Phi) is 10.9. The van der Waals surface area contributed by atoms with E-state index in [4.69, 9.17) is 4.74 Å². The molecule has 4 aromatic carbocycles. The van der Waals surface area contributed by atoms with E-state index >= 15 is 8.78 Å². The van der Waals surface area contributed by atoms with Gasteiger partial charge in [0, 0.05) is 0 Å². The van der Waals surface area contributed by atoms with Crippen LogP contribution in [0.4, 0.5) is 48.3 Å². The fourth-order valence-electron chi connectivity index (χ4n) is 8.09. The van der Waals surface area contributed by atoms with Crippen LogP contribution in [0.15, 0.2) is 48.5 Å². The Morgan fingerprint density at radius 3 is 1.27 bits per heavy atom. The van der Waals surface area contributed by atoms with Crippen LogP contribution in [0.25, 0.3) is 33.4 Å². The van der Waals surface area contributed by atoms with E-state index in [-0.39, 0.29) is 18.8 Å². The lowest BCUT2D eigenvalue weighted by atomic mass is 9.68. The first-order valence-electron chi connectivity index (χ1n) is 17.4. The van der Waals surface area contributed by atoms with Gasteiger partial charge in [-0.15, -0.1) is 0 Å². The Labute approximate surface area is 293 Å². The molecule has 0 aliphatic heterocycles. The highest BCUT2D eigenvalue weighted by Crippen LogP contribution is 2.49. The minimum atomic E-state index is -3.84. The summed E-state index contributed by atoms with van der Waals surface area (Å²) in [6.45, 7) is 2.16. The maximum absolute atomic E-state index is 16.0. The van der Waals surface area contributed by atoms with Crippen molar-refractivity contribution in [1.29, 1.82) is 0 Å². The summed E-state index contributed by atoms with van der Waals surface area (Å²) in [6.07, 6.45) is 4.18. The van der Waals surface area contributed by atoms with Crippen LogP contribution in [-0.2, 0) is 0 Å². The Hall–Kier alpha value is -4.09. The van der Waals surface area contributed by atoms with Crippen molar-refractivity contribution in [2.24, 2.45) is 23.7 Å². The predicted octanol–water partition coefficient (Wildman–Crippen LogP) is 13.3. The molecule has 2 saturated carbocycles. The second-order valence-electron chi connectivity index (χ2n) is 14.0. The summed E-state index contributed by atoms with van der Waals surface area (Å²) < 4.78 is 167. The molecule has 6 rings (SSSR count). The number of alkyl halides is 2. The SMILES string of the molecule is CCC[C@H]1CC[C@H]([C@H]2CC[C@H](C(F)(F)Oc3cc(-c4cc(F)c(F)c(F)c4)c(-c4cc(F)c(F)c(F)c4)c(-c4cc(F)c(F)c(F)c4)c3)CC2)CC1. The van der Waals surface area contributed by atoms with Gasteiger partial charge in [0.2, 0.25) is 0 Å². The second-order valence-corrected chi connectivity index (χ2v) is 14.0. The van der Waals surface area contributed by atoms with Crippen molar-refractivity contribution in [2.75, 3.05) is 0 Å². The fourth-order valence-corrected chi connectivity index (χ4v) is 8.09. The third kappa shape index (κ3) is 7.67. The Bertz CT molecular complexity index is 1790. The highest BCUT2D eigenvalue weighted by atomic mass is 19.3. The zero-order valence-electron chi connectivity index (χ0n) is 28.1. The van der Waals surface area contributed by atoms with Gasteiger partial charge in [0.15, 0.2) is 52.4 Å². The zero-order chi connectivity index (χ0) is 37.5. The Morgan fingerprint density at radius 1 is 0.519 bits per heavy atom. The van der Waals surface area contributed by atoms with E-state index in [9.17, 15) is 39.5 Å². The molecular weight excluding hydrogens is 705 g/mol. The molecule has 0 unspecified atom stereocenters.